The van der Waals surface area contributed by atoms with Crippen LogP contribution in [0.25, 0.3) is 0 Å². The number of rotatable bonds is 2. The van der Waals surface area contributed by atoms with Crippen molar-refractivity contribution in [3.05, 3.63) is 10.6 Å². The van der Waals surface area contributed by atoms with Crippen molar-refractivity contribution in [2.75, 3.05) is 0 Å². The summed E-state index contributed by atoms with van der Waals surface area (Å²) in [6.45, 7) is 0. The molecule has 0 saturated heterocycles. The zero-order valence-electron chi connectivity index (χ0n) is 8.21. The quantitative estimate of drug-likeness (QED) is 0.764. The summed E-state index contributed by atoms with van der Waals surface area (Å²) in [5.41, 5.74) is 0. The lowest BCUT2D eigenvalue weighted by atomic mass is 9.97. The largest absolute Gasteiger partial charge is 0.338 e. The predicted molar refractivity (Wildman–Crippen MR) is 56.9 cm³/mol. The monoisotopic (exact) mass is 258 g/mol. The van der Waals surface area contributed by atoms with E-state index in [1.807, 2.05) is 0 Å². The Balaban J connectivity index is 1.89. The van der Waals surface area contributed by atoms with Gasteiger partial charge in [-0.2, -0.15) is 4.98 Å². The molecule has 0 radical (unpaired) electrons. The number of halogens is 1. The summed E-state index contributed by atoms with van der Waals surface area (Å²) in [6, 6.07) is 0. The van der Waals surface area contributed by atoms with Gasteiger partial charge in [0.1, 0.15) is 0 Å². The van der Waals surface area contributed by atoms with Gasteiger partial charge in [0.25, 0.3) is 0 Å². The summed E-state index contributed by atoms with van der Waals surface area (Å²) >= 11 is 3.20. The molecular formula is C10H15BrN2O. The van der Waals surface area contributed by atoms with E-state index in [4.69, 9.17) is 4.52 Å². The van der Waals surface area contributed by atoms with Gasteiger partial charge in [0.15, 0.2) is 0 Å². The summed E-state index contributed by atoms with van der Waals surface area (Å²) in [4.78, 5) is 4.17. The molecule has 3 nitrogen and oxygen atoms in total. The van der Waals surface area contributed by atoms with E-state index in [2.05, 4.69) is 26.1 Å². The fourth-order valence-electron chi connectivity index (χ4n) is 2.13. The summed E-state index contributed by atoms with van der Waals surface area (Å²) in [5, 5.41) is 3.74. The molecule has 0 amide bonds. The van der Waals surface area contributed by atoms with Gasteiger partial charge in [0.2, 0.25) is 10.6 Å². The highest BCUT2D eigenvalue weighted by atomic mass is 79.9. The molecule has 1 aliphatic carbocycles. The smallest absolute Gasteiger partial charge is 0.238 e. The van der Waals surface area contributed by atoms with Crippen molar-refractivity contribution in [3.8, 4) is 0 Å². The highest BCUT2D eigenvalue weighted by Crippen LogP contribution is 2.25. The van der Waals surface area contributed by atoms with Crippen LogP contribution in [0.5, 0.6) is 0 Å². The van der Waals surface area contributed by atoms with Crippen molar-refractivity contribution in [2.24, 2.45) is 5.92 Å². The minimum Gasteiger partial charge on any atom is -0.338 e. The minimum absolute atomic E-state index is 0.570. The van der Waals surface area contributed by atoms with Gasteiger partial charge in [-0.3, -0.25) is 0 Å². The molecule has 14 heavy (non-hydrogen) atoms. The maximum absolute atomic E-state index is 5.10. The van der Waals surface area contributed by atoms with Crippen LogP contribution in [-0.4, -0.2) is 10.1 Å². The molecule has 2 rings (SSSR count). The number of hydrogen-bond donors (Lipinski definition) is 0. The lowest BCUT2D eigenvalue weighted by Crippen LogP contribution is -2.03. The molecule has 1 aromatic rings. The molecule has 0 spiro atoms. The van der Waals surface area contributed by atoms with Crippen LogP contribution in [0.1, 0.15) is 44.4 Å². The lowest BCUT2D eigenvalue weighted by Gasteiger charge is -2.09. The third-order valence-corrected chi connectivity index (χ3v) is 3.20. The van der Waals surface area contributed by atoms with Crippen molar-refractivity contribution in [1.29, 1.82) is 0 Å². The summed E-state index contributed by atoms with van der Waals surface area (Å²) in [6.07, 6.45) is 9.10. The number of aromatic nitrogens is 2. The molecule has 78 valence electrons. The van der Waals surface area contributed by atoms with Crippen molar-refractivity contribution in [3.63, 3.8) is 0 Å². The van der Waals surface area contributed by atoms with Crippen LogP contribution in [0.4, 0.5) is 0 Å². The first-order valence-corrected chi connectivity index (χ1v) is 6.12. The Bertz CT molecular complexity index is 279. The normalized spacial score (nSPS) is 19.5. The van der Waals surface area contributed by atoms with E-state index < -0.39 is 0 Å². The van der Waals surface area contributed by atoms with E-state index in [9.17, 15) is 0 Å². The highest BCUT2D eigenvalue weighted by molar-refractivity contribution is 9.10. The molecule has 1 saturated carbocycles. The van der Waals surface area contributed by atoms with Gasteiger partial charge >= 0.3 is 0 Å². The molecule has 4 heteroatoms. The van der Waals surface area contributed by atoms with Gasteiger partial charge < -0.3 is 4.52 Å². The second-order valence-corrected chi connectivity index (χ2v) is 4.73. The Labute approximate surface area is 92.4 Å². The van der Waals surface area contributed by atoms with Crippen LogP contribution in [0.3, 0.4) is 0 Å². The van der Waals surface area contributed by atoms with E-state index in [1.165, 1.54) is 38.5 Å². The first-order valence-electron chi connectivity index (χ1n) is 5.32. The van der Waals surface area contributed by atoms with Crippen LogP contribution in [0.15, 0.2) is 9.26 Å². The topological polar surface area (TPSA) is 38.9 Å². The molecule has 0 atom stereocenters. The van der Waals surface area contributed by atoms with Gasteiger partial charge in [0, 0.05) is 6.42 Å². The maximum Gasteiger partial charge on any atom is 0.238 e. The third-order valence-electron chi connectivity index (χ3n) is 2.88. The van der Waals surface area contributed by atoms with E-state index >= 15 is 0 Å². The van der Waals surface area contributed by atoms with E-state index in [0.29, 0.717) is 4.73 Å². The van der Waals surface area contributed by atoms with Gasteiger partial charge in [-0.25, -0.2) is 0 Å². The molecule has 1 aromatic heterocycles. The molecule has 0 aliphatic heterocycles. The second kappa shape index (κ2) is 4.91. The molecule has 1 fully saturated rings. The summed E-state index contributed by atoms with van der Waals surface area (Å²) in [7, 11) is 0. The van der Waals surface area contributed by atoms with Crippen molar-refractivity contribution < 1.29 is 4.52 Å². The zero-order chi connectivity index (χ0) is 9.80. The highest BCUT2D eigenvalue weighted by Gasteiger charge is 2.15. The fourth-order valence-corrected chi connectivity index (χ4v) is 2.40. The van der Waals surface area contributed by atoms with Gasteiger partial charge in [0.05, 0.1) is 0 Å². The predicted octanol–water partition coefficient (Wildman–Crippen LogP) is 3.35. The third kappa shape index (κ3) is 2.80. The Morgan fingerprint density at radius 1 is 1.21 bits per heavy atom. The molecule has 0 N–H and O–H groups in total. The molecule has 1 heterocycles. The second-order valence-electron chi connectivity index (χ2n) is 4.02. The molecule has 0 bridgehead atoms. The number of nitrogens with zero attached hydrogens (tertiary/aromatic N) is 2. The van der Waals surface area contributed by atoms with Crippen molar-refractivity contribution >= 4 is 15.9 Å². The van der Waals surface area contributed by atoms with E-state index in [1.54, 1.807) is 0 Å². The standard InChI is InChI=1S/C10H15BrN2O/c11-10-12-9(14-13-10)7-8-5-3-1-2-4-6-8/h8H,1-7H2. The summed E-state index contributed by atoms with van der Waals surface area (Å²) in [5.74, 6) is 1.54. The van der Waals surface area contributed by atoms with Crippen LogP contribution < -0.4 is 0 Å². The zero-order valence-corrected chi connectivity index (χ0v) is 9.79. The van der Waals surface area contributed by atoms with Crippen LogP contribution in [-0.2, 0) is 6.42 Å². The van der Waals surface area contributed by atoms with E-state index in [0.717, 1.165) is 18.2 Å². The minimum atomic E-state index is 0.570. The maximum atomic E-state index is 5.10. The first-order chi connectivity index (χ1) is 6.84. The van der Waals surface area contributed by atoms with Crippen LogP contribution >= 0.6 is 15.9 Å². The van der Waals surface area contributed by atoms with Crippen LogP contribution in [0, 0.1) is 5.92 Å². The average molecular weight is 259 g/mol. The van der Waals surface area contributed by atoms with Gasteiger partial charge in [-0.05, 0) is 39.8 Å². The molecular weight excluding hydrogens is 244 g/mol. The van der Waals surface area contributed by atoms with Gasteiger partial charge in [-0.1, -0.05) is 25.7 Å². The Hall–Kier alpha value is -0.380. The van der Waals surface area contributed by atoms with E-state index in [-0.39, 0.29) is 0 Å². The molecule has 0 aromatic carbocycles. The molecule has 0 unspecified atom stereocenters. The summed E-state index contributed by atoms with van der Waals surface area (Å²) < 4.78 is 5.67. The first kappa shape index (κ1) is 10.1. The Morgan fingerprint density at radius 2 is 1.93 bits per heavy atom. The van der Waals surface area contributed by atoms with Crippen LogP contribution in [0.2, 0.25) is 0 Å². The average Bonchev–Trinajstić information content (AvgIpc) is 2.43. The van der Waals surface area contributed by atoms with Gasteiger partial charge in [-0.15, -0.1) is 0 Å². The molecule has 1 aliphatic rings. The van der Waals surface area contributed by atoms with Crippen molar-refractivity contribution in [1.82, 2.24) is 10.1 Å². The Morgan fingerprint density at radius 3 is 2.50 bits per heavy atom. The SMILES string of the molecule is Brc1noc(CC2CCCCCC2)n1. The van der Waals surface area contributed by atoms with Crippen molar-refractivity contribution in [2.45, 2.75) is 44.9 Å². The Kier molecular flexibility index (Phi) is 3.56. The number of hydrogen-bond acceptors (Lipinski definition) is 3. The fraction of sp³-hybridized carbons (Fsp3) is 0.800. The lowest BCUT2D eigenvalue weighted by molar-refractivity contribution is 0.337.